The molecule has 2 N–H and O–H groups in total. The Morgan fingerprint density at radius 1 is 1.05 bits per heavy atom. The molecule has 2 saturated heterocycles. The number of nitrogens with zero attached hydrogens (tertiary/aromatic N) is 2. The second-order valence-electron chi connectivity index (χ2n) is 10.4. The van der Waals surface area contributed by atoms with Crippen LogP contribution < -0.4 is 10.6 Å². The first kappa shape index (κ1) is 27.5. The first-order valence-electron chi connectivity index (χ1n) is 12.9. The van der Waals surface area contributed by atoms with Crippen LogP contribution in [0.3, 0.4) is 0 Å². The Morgan fingerprint density at radius 2 is 1.79 bits per heavy atom. The number of likely N-dealkylation sites (tertiary alicyclic amines) is 1. The van der Waals surface area contributed by atoms with Crippen LogP contribution in [0.5, 0.6) is 0 Å². The molecule has 8 nitrogen and oxygen atoms in total. The summed E-state index contributed by atoms with van der Waals surface area (Å²) in [7, 11) is 0. The van der Waals surface area contributed by atoms with Crippen LogP contribution in [0, 0.1) is 11.6 Å². The summed E-state index contributed by atoms with van der Waals surface area (Å²) in [5.41, 5.74) is 1.20. The second-order valence-corrected chi connectivity index (χ2v) is 10.4. The Labute approximate surface area is 221 Å². The van der Waals surface area contributed by atoms with E-state index in [2.05, 4.69) is 21.6 Å². The number of hydrogen-bond donors (Lipinski definition) is 2. The largest absolute Gasteiger partial charge is 0.440 e. The lowest BCUT2D eigenvalue weighted by molar-refractivity contribution is -0.114. The van der Waals surface area contributed by atoms with E-state index in [1.165, 1.54) is 18.6 Å². The maximum Gasteiger partial charge on any atom is 0.419 e. The second kappa shape index (κ2) is 11.5. The quantitative estimate of drug-likeness (QED) is 0.484. The molecule has 0 saturated carbocycles. The van der Waals surface area contributed by atoms with Crippen molar-refractivity contribution in [3.05, 3.63) is 65.2 Å². The van der Waals surface area contributed by atoms with Gasteiger partial charge in [0, 0.05) is 19.2 Å². The van der Waals surface area contributed by atoms with E-state index in [-0.39, 0.29) is 11.5 Å². The van der Waals surface area contributed by atoms with E-state index in [1.54, 1.807) is 13.8 Å². The van der Waals surface area contributed by atoms with Crippen molar-refractivity contribution < 1.29 is 27.9 Å². The molecule has 0 aromatic heterocycles. The van der Waals surface area contributed by atoms with Crippen LogP contribution in [0.4, 0.5) is 24.1 Å². The number of halogens is 2. The fraction of sp³-hybridized carbons (Fsp3) is 0.464. The molecule has 1 atom stereocenters. The summed E-state index contributed by atoms with van der Waals surface area (Å²) in [6, 6.07) is 9.77. The maximum absolute atomic E-state index is 13.9. The molecule has 0 radical (unpaired) electrons. The summed E-state index contributed by atoms with van der Waals surface area (Å²) in [4.78, 5) is 40.1. The summed E-state index contributed by atoms with van der Waals surface area (Å²) in [5, 5.41) is 5.60. The van der Waals surface area contributed by atoms with Gasteiger partial charge < -0.3 is 20.3 Å². The summed E-state index contributed by atoms with van der Waals surface area (Å²) < 4.78 is 32.7. The number of piperidine rings is 1. The number of imide groups is 1. The summed E-state index contributed by atoms with van der Waals surface area (Å²) >= 11 is 0. The fourth-order valence-corrected chi connectivity index (χ4v) is 5.33. The van der Waals surface area contributed by atoms with E-state index < -0.39 is 35.4 Å². The number of nitrogens with one attached hydrogen (secondary N) is 2. The molecular formula is C28H34F2N4O4. The number of rotatable bonds is 7. The molecular weight excluding hydrogens is 494 g/mol. The van der Waals surface area contributed by atoms with Crippen molar-refractivity contribution in [1.82, 2.24) is 15.1 Å². The van der Waals surface area contributed by atoms with Gasteiger partial charge in [-0.3, -0.25) is 4.79 Å². The minimum Gasteiger partial charge on any atom is -0.440 e. The first-order valence-corrected chi connectivity index (χ1v) is 12.9. The molecule has 4 amide bonds. The van der Waals surface area contributed by atoms with Gasteiger partial charge in [0.05, 0.1) is 0 Å². The van der Waals surface area contributed by atoms with Crippen LogP contribution in [0.25, 0.3) is 0 Å². The monoisotopic (exact) mass is 528 g/mol. The molecule has 0 bridgehead atoms. The average Bonchev–Trinajstić information content (AvgIpc) is 3.11. The topological polar surface area (TPSA) is 91.0 Å². The van der Waals surface area contributed by atoms with Crippen LogP contribution in [-0.4, -0.2) is 59.6 Å². The van der Waals surface area contributed by atoms with Gasteiger partial charge in [-0.1, -0.05) is 18.2 Å². The lowest BCUT2D eigenvalue weighted by Crippen LogP contribution is -2.44. The van der Waals surface area contributed by atoms with Gasteiger partial charge in [-0.2, -0.15) is 0 Å². The van der Waals surface area contributed by atoms with Gasteiger partial charge in [-0.15, -0.1) is 0 Å². The Hall–Kier alpha value is -3.53. The smallest absolute Gasteiger partial charge is 0.419 e. The number of urea groups is 1. The van der Waals surface area contributed by atoms with Crippen LogP contribution in [0.1, 0.15) is 63.1 Å². The van der Waals surface area contributed by atoms with E-state index in [9.17, 15) is 23.2 Å². The van der Waals surface area contributed by atoms with Crippen LogP contribution in [-0.2, 0) is 9.53 Å². The number of benzene rings is 2. The minimum absolute atomic E-state index is 0.0886. The molecule has 2 aliphatic rings. The predicted molar refractivity (Wildman–Crippen MR) is 139 cm³/mol. The molecule has 0 aliphatic carbocycles. The van der Waals surface area contributed by atoms with Gasteiger partial charge in [0.15, 0.2) is 11.6 Å². The molecule has 38 heavy (non-hydrogen) atoms. The molecule has 0 spiro atoms. The third-order valence-corrected chi connectivity index (χ3v) is 7.14. The lowest BCUT2D eigenvalue weighted by atomic mass is 9.89. The molecule has 10 heteroatoms. The van der Waals surface area contributed by atoms with Crippen molar-refractivity contribution in [1.29, 1.82) is 0 Å². The van der Waals surface area contributed by atoms with Crippen LogP contribution >= 0.6 is 0 Å². The number of hydrogen-bond acceptors (Lipinski definition) is 5. The number of anilines is 1. The van der Waals surface area contributed by atoms with Gasteiger partial charge in [0.25, 0.3) is 0 Å². The Kier molecular flexibility index (Phi) is 8.30. The van der Waals surface area contributed by atoms with Crippen molar-refractivity contribution in [3.63, 3.8) is 0 Å². The maximum atomic E-state index is 13.9. The zero-order valence-electron chi connectivity index (χ0n) is 21.9. The van der Waals surface area contributed by atoms with Gasteiger partial charge >= 0.3 is 12.1 Å². The highest BCUT2D eigenvalue weighted by molar-refractivity contribution is 5.93. The third kappa shape index (κ3) is 6.30. The van der Waals surface area contributed by atoms with Gasteiger partial charge in [-0.25, -0.2) is 23.3 Å². The summed E-state index contributed by atoms with van der Waals surface area (Å²) in [5.74, 6) is -1.72. The van der Waals surface area contributed by atoms with E-state index in [1.807, 2.05) is 18.2 Å². The van der Waals surface area contributed by atoms with Gasteiger partial charge in [0.1, 0.15) is 11.6 Å². The molecule has 4 rings (SSSR count). The van der Waals surface area contributed by atoms with Crippen LogP contribution in [0.2, 0.25) is 0 Å². The number of carbonyl (C=O) groups is 3. The minimum atomic E-state index is -1.11. The highest BCUT2D eigenvalue weighted by Gasteiger charge is 2.51. The van der Waals surface area contributed by atoms with E-state index in [0.29, 0.717) is 18.9 Å². The number of carbonyl (C=O) groups excluding carboxylic acids is 3. The summed E-state index contributed by atoms with van der Waals surface area (Å²) in [6.45, 7) is 7.75. The van der Waals surface area contributed by atoms with E-state index in [0.717, 1.165) is 55.2 Å². The molecule has 2 aliphatic heterocycles. The van der Waals surface area contributed by atoms with Crippen molar-refractivity contribution in [2.75, 3.05) is 31.5 Å². The summed E-state index contributed by atoms with van der Waals surface area (Å²) in [6.07, 6.45) is 1.87. The Morgan fingerprint density at radius 3 is 2.47 bits per heavy atom. The zero-order valence-corrected chi connectivity index (χ0v) is 21.9. The lowest BCUT2D eigenvalue weighted by Gasteiger charge is -2.32. The Bertz CT molecular complexity index is 1200. The zero-order chi connectivity index (χ0) is 27.4. The molecule has 204 valence electrons. The van der Waals surface area contributed by atoms with E-state index in [4.69, 9.17) is 4.74 Å². The molecule has 2 fully saturated rings. The van der Waals surface area contributed by atoms with Crippen LogP contribution in [0.15, 0.2) is 42.5 Å². The van der Waals surface area contributed by atoms with Crippen molar-refractivity contribution in [2.45, 2.75) is 57.6 Å². The molecule has 0 unspecified atom stereocenters. The number of ether oxygens (including phenoxy) is 1. The SMILES string of the molecule is CC(=O)Nc1cccc(C2CCN(CCCNC(=O)N3C(=O)OC(C)(C)[C@@H]3c3ccc(F)c(F)c3)CC2)c1. The molecule has 2 aromatic rings. The third-order valence-electron chi connectivity index (χ3n) is 7.14. The van der Waals surface area contributed by atoms with Crippen molar-refractivity contribution >= 4 is 23.7 Å². The van der Waals surface area contributed by atoms with Gasteiger partial charge in [-0.05, 0) is 94.1 Å². The van der Waals surface area contributed by atoms with Crippen molar-refractivity contribution in [3.8, 4) is 0 Å². The first-order chi connectivity index (χ1) is 18.0. The highest BCUT2D eigenvalue weighted by Crippen LogP contribution is 2.41. The van der Waals surface area contributed by atoms with Gasteiger partial charge in [0.2, 0.25) is 5.91 Å². The normalized spacial score (nSPS) is 19.8. The Balaban J connectivity index is 1.26. The van der Waals surface area contributed by atoms with E-state index >= 15 is 0 Å². The number of amides is 4. The van der Waals surface area contributed by atoms with Crippen molar-refractivity contribution in [2.24, 2.45) is 0 Å². The average molecular weight is 529 g/mol. The fourth-order valence-electron chi connectivity index (χ4n) is 5.33. The molecule has 2 aromatic carbocycles. The highest BCUT2D eigenvalue weighted by atomic mass is 19.2. The number of cyclic esters (lactones) is 1. The standard InChI is InChI=1S/C28H34F2N4O4/c1-18(35)32-22-7-4-6-20(16-22)19-10-14-33(15-11-19)13-5-12-31-26(36)34-25(28(2,3)38-27(34)37)21-8-9-23(29)24(30)17-21/h4,6-9,16-17,19,25H,5,10-15H2,1-3H3,(H,31,36)(H,32,35)/t25-/m0/s1. The predicted octanol–water partition coefficient (Wildman–Crippen LogP) is 5.17. The molecule has 2 heterocycles.